The molecular formula is C13H30N2O4S. The first-order valence-electron chi connectivity index (χ1n) is 7.33. The van der Waals surface area contributed by atoms with Crippen LogP contribution in [0.5, 0.6) is 0 Å². The molecule has 0 saturated carbocycles. The number of sulfonamides is 1. The number of hydrogen-bond donors (Lipinski definition) is 2. The van der Waals surface area contributed by atoms with E-state index < -0.39 is 16.1 Å². The van der Waals surface area contributed by atoms with Crippen LogP contribution in [0.2, 0.25) is 0 Å². The van der Waals surface area contributed by atoms with Crippen molar-refractivity contribution in [2.45, 2.75) is 39.2 Å². The number of aliphatic hydroxyl groups is 1. The molecule has 0 saturated heterocycles. The Balaban J connectivity index is 3.56. The second kappa shape index (κ2) is 11.4. The minimum atomic E-state index is -3.10. The largest absolute Gasteiger partial charge is 0.389 e. The third kappa shape index (κ3) is 10.6. The summed E-state index contributed by atoms with van der Waals surface area (Å²) in [5.74, 6) is 0. The van der Waals surface area contributed by atoms with E-state index in [0.717, 1.165) is 19.3 Å². The van der Waals surface area contributed by atoms with Crippen molar-refractivity contribution < 1.29 is 18.3 Å². The Morgan fingerprint density at radius 1 is 1.30 bits per heavy atom. The molecule has 1 unspecified atom stereocenters. The van der Waals surface area contributed by atoms with Crippen molar-refractivity contribution in [1.29, 1.82) is 0 Å². The minimum absolute atomic E-state index is 0.345. The van der Waals surface area contributed by atoms with Crippen LogP contribution in [0.25, 0.3) is 0 Å². The normalized spacial score (nSPS) is 13.8. The Morgan fingerprint density at radius 3 is 2.55 bits per heavy atom. The van der Waals surface area contributed by atoms with Crippen molar-refractivity contribution in [3.8, 4) is 0 Å². The van der Waals surface area contributed by atoms with Crippen molar-refractivity contribution in [2.75, 3.05) is 45.6 Å². The molecule has 0 amide bonds. The highest BCUT2D eigenvalue weighted by Gasteiger charge is 2.13. The Hall–Kier alpha value is -0.210. The molecule has 0 aliphatic carbocycles. The van der Waals surface area contributed by atoms with Crippen LogP contribution in [0, 0.1) is 0 Å². The minimum Gasteiger partial charge on any atom is -0.389 e. The van der Waals surface area contributed by atoms with Crippen molar-refractivity contribution >= 4 is 10.0 Å². The SMILES string of the molecule is CCCCOCC(O)CNCCCN(CC)S(C)(=O)=O. The van der Waals surface area contributed by atoms with Crippen LogP contribution in [-0.4, -0.2) is 69.6 Å². The predicted molar refractivity (Wildman–Crippen MR) is 81.3 cm³/mol. The van der Waals surface area contributed by atoms with Gasteiger partial charge < -0.3 is 15.2 Å². The van der Waals surface area contributed by atoms with E-state index in [1.807, 2.05) is 6.92 Å². The molecule has 0 aromatic carbocycles. The van der Waals surface area contributed by atoms with Gasteiger partial charge >= 0.3 is 0 Å². The Labute approximate surface area is 123 Å². The van der Waals surface area contributed by atoms with Crippen LogP contribution in [0.1, 0.15) is 33.1 Å². The molecule has 2 N–H and O–H groups in total. The summed E-state index contributed by atoms with van der Waals surface area (Å²) in [5, 5.41) is 12.7. The van der Waals surface area contributed by atoms with Gasteiger partial charge in [0, 0.05) is 26.2 Å². The van der Waals surface area contributed by atoms with Crippen molar-refractivity contribution in [3.63, 3.8) is 0 Å². The number of rotatable bonds is 13. The Bertz CT molecular complexity index is 322. The lowest BCUT2D eigenvalue weighted by Gasteiger charge is -2.18. The van der Waals surface area contributed by atoms with Gasteiger partial charge in [0.25, 0.3) is 0 Å². The van der Waals surface area contributed by atoms with E-state index in [0.29, 0.717) is 39.4 Å². The summed E-state index contributed by atoms with van der Waals surface area (Å²) in [6.07, 6.45) is 3.54. The molecule has 0 rings (SSSR count). The molecule has 1 atom stereocenters. The van der Waals surface area contributed by atoms with Crippen LogP contribution >= 0.6 is 0 Å². The van der Waals surface area contributed by atoms with Gasteiger partial charge in [-0.1, -0.05) is 20.3 Å². The van der Waals surface area contributed by atoms with Crippen molar-refractivity contribution in [1.82, 2.24) is 9.62 Å². The third-order valence-corrected chi connectivity index (χ3v) is 4.29. The van der Waals surface area contributed by atoms with Crippen molar-refractivity contribution in [2.24, 2.45) is 0 Å². The van der Waals surface area contributed by atoms with E-state index >= 15 is 0 Å². The lowest BCUT2D eigenvalue weighted by Crippen LogP contribution is -2.35. The Kier molecular flexibility index (Phi) is 11.3. The first-order valence-corrected chi connectivity index (χ1v) is 9.18. The fourth-order valence-electron chi connectivity index (χ4n) is 1.73. The number of nitrogens with one attached hydrogen (secondary N) is 1. The summed E-state index contributed by atoms with van der Waals surface area (Å²) in [6, 6.07) is 0. The molecule has 122 valence electrons. The molecule has 0 aliphatic heterocycles. The maximum atomic E-state index is 11.4. The highest BCUT2D eigenvalue weighted by Crippen LogP contribution is 1.98. The summed E-state index contributed by atoms with van der Waals surface area (Å²) >= 11 is 0. The topological polar surface area (TPSA) is 78.9 Å². The molecule has 6 nitrogen and oxygen atoms in total. The van der Waals surface area contributed by atoms with E-state index in [1.165, 1.54) is 10.6 Å². The number of ether oxygens (including phenoxy) is 1. The summed E-state index contributed by atoms with van der Waals surface area (Å²) in [7, 11) is -3.10. The zero-order valence-electron chi connectivity index (χ0n) is 13.0. The average molecular weight is 310 g/mol. The highest BCUT2D eigenvalue weighted by molar-refractivity contribution is 7.88. The first-order chi connectivity index (χ1) is 9.41. The fourth-order valence-corrected chi connectivity index (χ4v) is 2.66. The molecule has 0 aliphatic rings. The van der Waals surface area contributed by atoms with Crippen LogP contribution < -0.4 is 5.32 Å². The van der Waals surface area contributed by atoms with E-state index in [9.17, 15) is 13.5 Å². The molecule has 0 heterocycles. The standard InChI is InChI=1S/C13H30N2O4S/c1-4-6-10-19-12-13(16)11-14-8-7-9-15(5-2)20(3,17)18/h13-14,16H,4-12H2,1-3H3. The maximum Gasteiger partial charge on any atom is 0.211 e. The molecule has 0 radical (unpaired) electrons. The van der Waals surface area contributed by atoms with Gasteiger partial charge in [0.05, 0.1) is 19.0 Å². The van der Waals surface area contributed by atoms with Gasteiger partial charge in [0.15, 0.2) is 0 Å². The molecule has 0 spiro atoms. The zero-order chi connectivity index (χ0) is 15.4. The van der Waals surface area contributed by atoms with Gasteiger partial charge in [-0.05, 0) is 19.4 Å². The van der Waals surface area contributed by atoms with E-state index in [4.69, 9.17) is 4.74 Å². The first kappa shape index (κ1) is 19.8. The van der Waals surface area contributed by atoms with Crippen LogP contribution in [-0.2, 0) is 14.8 Å². The van der Waals surface area contributed by atoms with Gasteiger partial charge in [-0.25, -0.2) is 12.7 Å². The zero-order valence-corrected chi connectivity index (χ0v) is 13.8. The summed E-state index contributed by atoms with van der Waals surface area (Å²) < 4.78 is 29.5. The Morgan fingerprint density at radius 2 is 2.00 bits per heavy atom. The number of nitrogens with zero attached hydrogens (tertiary/aromatic N) is 1. The lowest BCUT2D eigenvalue weighted by atomic mass is 10.3. The molecule has 0 fully saturated rings. The monoisotopic (exact) mass is 310 g/mol. The molecule has 20 heavy (non-hydrogen) atoms. The summed E-state index contributed by atoms with van der Waals surface area (Å²) in [5.41, 5.74) is 0. The molecule has 0 aromatic heterocycles. The lowest BCUT2D eigenvalue weighted by molar-refractivity contribution is 0.0360. The van der Waals surface area contributed by atoms with Gasteiger partial charge in [0.2, 0.25) is 10.0 Å². The molecule has 7 heteroatoms. The highest BCUT2D eigenvalue weighted by atomic mass is 32.2. The second-order valence-electron chi connectivity index (χ2n) is 4.89. The number of hydrogen-bond acceptors (Lipinski definition) is 5. The van der Waals surface area contributed by atoms with Crippen molar-refractivity contribution in [3.05, 3.63) is 0 Å². The smallest absolute Gasteiger partial charge is 0.211 e. The summed E-state index contributed by atoms with van der Waals surface area (Å²) in [4.78, 5) is 0. The van der Waals surface area contributed by atoms with Crippen LogP contribution in [0.15, 0.2) is 0 Å². The van der Waals surface area contributed by atoms with Crippen LogP contribution in [0.4, 0.5) is 0 Å². The third-order valence-electron chi connectivity index (χ3n) is 2.92. The van der Waals surface area contributed by atoms with E-state index in [2.05, 4.69) is 12.2 Å². The fraction of sp³-hybridized carbons (Fsp3) is 1.00. The molecule has 0 bridgehead atoms. The van der Waals surface area contributed by atoms with Crippen LogP contribution in [0.3, 0.4) is 0 Å². The second-order valence-corrected chi connectivity index (χ2v) is 6.88. The van der Waals surface area contributed by atoms with Gasteiger partial charge in [-0.2, -0.15) is 0 Å². The van der Waals surface area contributed by atoms with Gasteiger partial charge in [0.1, 0.15) is 0 Å². The van der Waals surface area contributed by atoms with Gasteiger partial charge in [-0.3, -0.25) is 0 Å². The number of aliphatic hydroxyl groups excluding tert-OH is 1. The van der Waals surface area contributed by atoms with E-state index in [1.54, 1.807) is 0 Å². The maximum absolute atomic E-state index is 11.4. The molecular weight excluding hydrogens is 280 g/mol. The predicted octanol–water partition coefficient (Wildman–Crippen LogP) is 0.425. The molecule has 0 aromatic rings. The summed E-state index contributed by atoms with van der Waals surface area (Å²) in [6.45, 7) is 7.10. The number of unbranched alkanes of at least 4 members (excludes halogenated alkanes) is 1. The van der Waals surface area contributed by atoms with Gasteiger partial charge in [-0.15, -0.1) is 0 Å². The van der Waals surface area contributed by atoms with E-state index in [-0.39, 0.29) is 0 Å². The quantitative estimate of drug-likeness (QED) is 0.482. The average Bonchev–Trinajstić information content (AvgIpc) is 2.37.